The summed E-state index contributed by atoms with van der Waals surface area (Å²) in [5.74, 6) is -0.478. The first-order chi connectivity index (χ1) is 8.05. The van der Waals surface area contributed by atoms with Crippen LogP contribution in [0.5, 0.6) is 0 Å². The molecule has 1 atom stereocenters. The van der Waals surface area contributed by atoms with Crippen LogP contribution >= 0.6 is 0 Å². The van der Waals surface area contributed by atoms with Gasteiger partial charge in [-0.15, -0.1) is 0 Å². The molecule has 7 heteroatoms. The lowest BCUT2D eigenvalue weighted by molar-refractivity contribution is -0.143. The molecule has 0 fully saturated rings. The third-order valence-electron chi connectivity index (χ3n) is 2.64. The second kappa shape index (κ2) is 4.86. The number of hydrogen-bond acceptors (Lipinski definition) is 0. The van der Waals surface area contributed by atoms with Gasteiger partial charge in [-0.05, 0) is 24.0 Å². The van der Waals surface area contributed by atoms with E-state index in [4.69, 9.17) is 0 Å². The van der Waals surface area contributed by atoms with Crippen molar-refractivity contribution in [2.24, 2.45) is 0 Å². The smallest absolute Gasteiger partial charge is 0.166 e. The molecule has 1 aromatic carbocycles. The van der Waals surface area contributed by atoms with Crippen molar-refractivity contribution >= 4 is 7.28 Å². The van der Waals surface area contributed by atoms with E-state index in [-0.39, 0.29) is 11.6 Å². The van der Waals surface area contributed by atoms with E-state index >= 15 is 0 Å². The topological polar surface area (TPSA) is 0 Å². The Morgan fingerprint density at radius 1 is 0.889 bits per heavy atom. The Labute approximate surface area is 101 Å². The summed E-state index contributed by atoms with van der Waals surface area (Å²) in [6.45, 7) is 3.12. The fraction of sp³-hybridized carbons (Fsp3) is 0.455. The maximum atomic E-state index is 12.5. The van der Waals surface area contributed by atoms with Crippen LogP contribution in [0.1, 0.15) is 29.4 Å². The van der Waals surface area contributed by atoms with Crippen molar-refractivity contribution in [1.82, 2.24) is 0 Å². The summed E-state index contributed by atoms with van der Waals surface area (Å²) >= 11 is 0. The molecule has 0 saturated heterocycles. The van der Waals surface area contributed by atoms with Gasteiger partial charge in [0.2, 0.25) is 0 Å². The van der Waals surface area contributed by atoms with Gasteiger partial charge in [0.05, 0.1) is 11.1 Å². The molecule has 99 valence electrons. The Kier molecular flexibility index (Phi) is 4.03. The van der Waals surface area contributed by atoms with Crippen LogP contribution in [0.15, 0.2) is 18.2 Å². The van der Waals surface area contributed by atoms with Crippen molar-refractivity contribution in [1.29, 1.82) is 0 Å². The Morgan fingerprint density at radius 2 is 1.28 bits per heavy atom. The molecule has 1 aromatic rings. The molecule has 0 aromatic heterocycles. The van der Waals surface area contributed by atoms with Gasteiger partial charge >= 0.3 is 12.4 Å². The molecule has 0 nitrogen and oxygen atoms in total. The molecule has 1 unspecified atom stereocenters. The Hall–Kier alpha value is -1.14. The van der Waals surface area contributed by atoms with Crippen LogP contribution in [0.2, 0.25) is 6.82 Å². The molecule has 18 heavy (non-hydrogen) atoms. The monoisotopic (exact) mass is 267 g/mol. The zero-order valence-corrected chi connectivity index (χ0v) is 9.65. The lowest BCUT2D eigenvalue weighted by Gasteiger charge is -2.16. The summed E-state index contributed by atoms with van der Waals surface area (Å²) in [5, 5.41) is 0. The van der Waals surface area contributed by atoms with Crippen LogP contribution in [0.4, 0.5) is 26.3 Å². The summed E-state index contributed by atoms with van der Waals surface area (Å²) in [4.78, 5) is 0. The zero-order valence-electron chi connectivity index (χ0n) is 9.65. The Balaban J connectivity index is 3.39. The van der Waals surface area contributed by atoms with Gasteiger partial charge in [0.25, 0.3) is 0 Å². The first kappa shape index (κ1) is 14.9. The van der Waals surface area contributed by atoms with Gasteiger partial charge in [-0.25, -0.2) is 0 Å². The van der Waals surface area contributed by atoms with E-state index in [9.17, 15) is 26.3 Å². The minimum atomic E-state index is -4.79. The first-order valence-corrected chi connectivity index (χ1v) is 5.14. The Morgan fingerprint density at radius 3 is 1.56 bits per heavy atom. The molecule has 0 amide bonds. The summed E-state index contributed by atoms with van der Waals surface area (Å²) < 4.78 is 75.2. The van der Waals surface area contributed by atoms with Crippen molar-refractivity contribution in [3.8, 4) is 0 Å². The number of halogens is 6. The lowest BCUT2D eigenvalue weighted by Crippen LogP contribution is -2.13. The van der Waals surface area contributed by atoms with E-state index in [0.29, 0.717) is 0 Å². The zero-order chi connectivity index (χ0) is 14.1. The van der Waals surface area contributed by atoms with E-state index in [1.165, 1.54) is 14.2 Å². The van der Waals surface area contributed by atoms with E-state index in [2.05, 4.69) is 0 Å². The first-order valence-electron chi connectivity index (χ1n) is 5.14. The SMILES string of the molecule is C[B]C(C)c1cc(C(F)(F)F)cc(C(F)(F)F)c1. The van der Waals surface area contributed by atoms with Gasteiger partial charge < -0.3 is 0 Å². The highest BCUT2D eigenvalue weighted by molar-refractivity contribution is 6.35. The van der Waals surface area contributed by atoms with E-state index in [0.717, 1.165) is 12.1 Å². The molecule has 0 spiro atoms. The normalized spacial score (nSPS) is 14.4. The lowest BCUT2D eigenvalue weighted by atomic mass is 9.64. The summed E-state index contributed by atoms with van der Waals surface area (Å²) in [5.41, 5.74) is -2.55. The average molecular weight is 267 g/mol. The molecular formula is C11H10BF6. The van der Waals surface area contributed by atoms with Gasteiger partial charge in [0, 0.05) is 0 Å². The summed E-state index contributed by atoms with van der Waals surface area (Å²) in [6.07, 6.45) is -9.58. The fourth-order valence-electron chi connectivity index (χ4n) is 1.43. The van der Waals surface area contributed by atoms with Gasteiger partial charge in [-0.2, -0.15) is 26.3 Å². The number of hydrogen-bond donors (Lipinski definition) is 0. The second-order valence-electron chi connectivity index (χ2n) is 3.96. The molecule has 1 rings (SSSR count). The fourth-order valence-corrected chi connectivity index (χ4v) is 1.43. The van der Waals surface area contributed by atoms with Crippen molar-refractivity contribution in [3.63, 3.8) is 0 Å². The molecule has 0 bridgehead atoms. The molecule has 0 aliphatic rings. The summed E-state index contributed by atoms with van der Waals surface area (Å²) in [6, 6.07) is 1.63. The molecule has 0 heterocycles. The third kappa shape index (κ3) is 3.43. The molecule has 1 radical (unpaired) electrons. The van der Waals surface area contributed by atoms with Crippen LogP contribution < -0.4 is 0 Å². The van der Waals surface area contributed by atoms with Crippen LogP contribution in [0.3, 0.4) is 0 Å². The van der Waals surface area contributed by atoms with Gasteiger partial charge in [-0.3, -0.25) is 0 Å². The maximum absolute atomic E-state index is 12.5. The number of alkyl halides is 6. The largest absolute Gasteiger partial charge is 0.416 e. The minimum Gasteiger partial charge on any atom is -0.166 e. The molecule has 0 N–H and O–H groups in total. The Bertz CT molecular complexity index is 388. The highest BCUT2D eigenvalue weighted by atomic mass is 19.4. The molecular weight excluding hydrogens is 257 g/mol. The van der Waals surface area contributed by atoms with Crippen molar-refractivity contribution in [2.75, 3.05) is 0 Å². The van der Waals surface area contributed by atoms with Gasteiger partial charge in [0.1, 0.15) is 7.28 Å². The highest BCUT2D eigenvalue weighted by Crippen LogP contribution is 2.37. The van der Waals surface area contributed by atoms with Crippen LogP contribution in [0.25, 0.3) is 0 Å². The number of benzene rings is 1. The van der Waals surface area contributed by atoms with Crippen LogP contribution in [-0.4, -0.2) is 7.28 Å². The number of rotatable bonds is 2. The molecule has 0 saturated carbocycles. The average Bonchev–Trinajstić information content (AvgIpc) is 2.25. The second-order valence-corrected chi connectivity index (χ2v) is 3.96. The van der Waals surface area contributed by atoms with Crippen LogP contribution in [0, 0.1) is 0 Å². The van der Waals surface area contributed by atoms with Crippen LogP contribution in [-0.2, 0) is 12.4 Å². The predicted octanol–water partition coefficient (Wildman–Crippen LogP) is 4.54. The van der Waals surface area contributed by atoms with Gasteiger partial charge in [-0.1, -0.05) is 19.3 Å². The standard InChI is InChI=1S/C11H10BF6/c1-6(12-2)7-3-8(10(13,14)15)5-9(4-7)11(16,17)18/h3-6H,1-2H3. The van der Waals surface area contributed by atoms with E-state index in [1.807, 2.05) is 0 Å². The predicted molar refractivity (Wildman–Crippen MR) is 56.5 cm³/mol. The van der Waals surface area contributed by atoms with Gasteiger partial charge in [0.15, 0.2) is 0 Å². The minimum absolute atomic E-state index is 0.000324. The van der Waals surface area contributed by atoms with Crippen molar-refractivity contribution in [2.45, 2.75) is 31.9 Å². The maximum Gasteiger partial charge on any atom is 0.416 e. The van der Waals surface area contributed by atoms with E-state index < -0.39 is 29.3 Å². The van der Waals surface area contributed by atoms with E-state index in [1.54, 1.807) is 6.82 Å². The summed E-state index contributed by atoms with van der Waals surface area (Å²) in [7, 11) is 1.54. The third-order valence-corrected chi connectivity index (χ3v) is 2.64. The highest BCUT2D eigenvalue weighted by Gasteiger charge is 2.37. The molecule has 0 aliphatic carbocycles. The van der Waals surface area contributed by atoms with Crippen molar-refractivity contribution in [3.05, 3.63) is 34.9 Å². The molecule has 0 aliphatic heterocycles. The van der Waals surface area contributed by atoms with Crippen molar-refractivity contribution < 1.29 is 26.3 Å². The quantitative estimate of drug-likeness (QED) is 0.545.